The highest BCUT2D eigenvalue weighted by Gasteiger charge is 2.29. The smallest absolute Gasteiger partial charge is 0.0678 e. The SMILES string of the molecule is CCC(CN)(COC)NN1CCN(C)CC1. The van der Waals surface area contributed by atoms with Gasteiger partial charge < -0.3 is 15.4 Å². The molecule has 5 nitrogen and oxygen atoms in total. The topological polar surface area (TPSA) is 53.8 Å². The van der Waals surface area contributed by atoms with Gasteiger partial charge in [-0.3, -0.25) is 0 Å². The molecule has 1 saturated heterocycles. The van der Waals surface area contributed by atoms with E-state index in [1.807, 2.05) is 0 Å². The summed E-state index contributed by atoms with van der Waals surface area (Å²) in [5, 5.41) is 2.27. The van der Waals surface area contributed by atoms with Gasteiger partial charge in [-0.1, -0.05) is 6.92 Å². The van der Waals surface area contributed by atoms with Crippen molar-refractivity contribution in [2.45, 2.75) is 18.9 Å². The minimum atomic E-state index is -0.106. The molecule has 0 saturated carbocycles. The number of methoxy groups -OCH3 is 1. The molecule has 1 heterocycles. The van der Waals surface area contributed by atoms with E-state index in [2.05, 4.69) is 29.3 Å². The van der Waals surface area contributed by atoms with Crippen molar-refractivity contribution in [2.24, 2.45) is 5.73 Å². The van der Waals surface area contributed by atoms with E-state index in [0.29, 0.717) is 13.2 Å². The first-order valence-electron chi connectivity index (χ1n) is 6.06. The largest absolute Gasteiger partial charge is 0.383 e. The molecule has 0 amide bonds. The van der Waals surface area contributed by atoms with Crippen LogP contribution in [0.15, 0.2) is 0 Å². The zero-order valence-corrected chi connectivity index (χ0v) is 10.8. The van der Waals surface area contributed by atoms with Gasteiger partial charge in [0.05, 0.1) is 12.1 Å². The molecule has 0 radical (unpaired) electrons. The molecule has 0 aromatic rings. The van der Waals surface area contributed by atoms with Crippen LogP contribution in [0.5, 0.6) is 0 Å². The maximum Gasteiger partial charge on any atom is 0.0678 e. The normalized spacial score (nSPS) is 23.2. The first kappa shape index (κ1) is 13.9. The molecule has 3 N–H and O–H groups in total. The van der Waals surface area contributed by atoms with Crippen molar-refractivity contribution in [2.75, 3.05) is 53.5 Å². The number of piperazine rings is 1. The van der Waals surface area contributed by atoms with Crippen molar-refractivity contribution in [3.8, 4) is 0 Å². The Balaban J connectivity index is 2.47. The van der Waals surface area contributed by atoms with Crippen LogP contribution in [0.3, 0.4) is 0 Å². The fourth-order valence-electron chi connectivity index (χ4n) is 1.99. The summed E-state index contributed by atoms with van der Waals surface area (Å²) in [6.45, 7) is 7.70. The molecule has 0 aromatic carbocycles. The lowest BCUT2D eigenvalue weighted by Gasteiger charge is -2.41. The van der Waals surface area contributed by atoms with E-state index in [1.165, 1.54) is 0 Å². The molecular formula is C11H26N4O. The van der Waals surface area contributed by atoms with Crippen LogP contribution in [0.25, 0.3) is 0 Å². The molecule has 1 aliphatic heterocycles. The molecule has 0 bridgehead atoms. The van der Waals surface area contributed by atoms with Gasteiger partial charge in [-0.25, -0.2) is 10.4 Å². The van der Waals surface area contributed by atoms with Gasteiger partial charge in [0, 0.05) is 39.8 Å². The summed E-state index contributed by atoms with van der Waals surface area (Å²) in [5.74, 6) is 0. The summed E-state index contributed by atoms with van der Waals surface area (Å²) in [6, 6.07) is 0. The van der Waals surface area contributed by atoms with E-state index < -0.39 is 0 Å². The lowest BCUT2D eigenvalue weighted by molar-refractivity contribution is 0.0147. The second-order valence-corrected chi connectivity index (χ2v) is 4.67. The molecule has 96 valence electrons. The predicted molar refractivity (Wildman–Crippen MR) is 66.2 cm³/mol. The van der Waals surface area contributed by atoms with E-state index in [0.717, 1.165) is 32.6 Å². The third kappa shape index (κ3) is 3.68. The Hall–Kier alpha value is -0.200. The second-order valence-electron chi connectivity index (χ2n) is 4.67. The number of rotatable bonds is 6. The third-order valence-corrected chi connectivity index (χ3v) is 3.39. The van der Waals surface area contributed by atoms with Gasteiger partial charge in [-0.15, -0.1) is 0 Å². The molecule has 5 heteroatoms. The maximum absolute atomic E-state index is 5.87. The first-order chi connectivity index (χ1) is 7.65. The van der Waals surface area contributed by atoms with E-state index in [4.69, 9.17) is 10.5 Å². The number of hydrogen-bond donors (Lipinski definition) is 2. The standard InChI is InChI=1S/C11H26N4O/c1-4-11(9-12,10-16-3)13-15-7-5-14(2)6-8-15/h13H,4-10,12H2,1-3H3. The van der Waals surface area contributed by atoms with Crippen LogP contribution >= 0.6 is 0 Å². The van der Waals surface area contributed by atoms with Gasteiger partial charge in [-0.2, -0.15) is 0 Å². The fourth-order valence-corrected chi connectivity index (χ4v) is 1.99. The van der Waals surface area contributed by atoms with Crippen molar-refractivity contribution in [3.63, 3.8) is 0 Å². The molecule has 1 fully saturated rings. The molecular weight excluding hydrogens is 204 g/mol. The molecule has 1 atom stereocenters. The van der Waals surface area contributed by atoms with Crippen molar-refractivity contribution >= 4 is 0 Å². The maximum atomic E-state index is 5.87. The van der Waals surface area contributed by atoms with Crippen LogP contribution < -0.4 is 11.2 Å². The average molecular weight is 230 g/mol. The summed E-state index contributed by atoms with van der Waals surface area (Å²) in [7, 11) is 3.88. The Labute approximate surface area is 98.9 Å². The molecule has 0 aliphatic carbocycles. The minimum Gasteiger partial charge on any atom is -0.383 e. The van der Waals surface area contributed by atoms with Gasteiger partial charge >= 0.3 is 0 Å². The van der Waals surface area contributed by atoms with Gasteiger partial charge in [0.1, 0.15) is 0 Å². The molecule has 0 spiro atoms. The van der Waals surface area contributed by atoms with Gasteiger partial charge in [0.25, 0.3) is 0 Å². The number of nitrogens with zero attached hydrogens (tertiary/aromatic N) is 2. The number of nitrogens with one attached hydrogen (secondary N) is 1. The average Bonchev–Trinajstić information content (AvgIpc) is 2.31. The summed E-state index contributed by atoms with van der Waals surface area (Å²) in [5.41, 5.74) is 9.31. The monoisotopic (exact) mass is 230 g/mol. The van der Waals surface area contributed by atoms with Crippen LogP contribution in [0.1, 0.15) is 13.3 Å². The minimum absolute atomic E-state index is 0.106. The Morgan fingerprint density at radius 1 is 1.31 bits per heavy atom. The number of hydrogen-bond acceptors (Lipinski definition) is 5. The van der Waals surface area contributed by atoms with E-state index in [1.54, 1.807) is 7.11 Å². The number of ether oxygens (including phenoxy) is 1. The summed E-state index contributed by atoms with van der Waals surface area (Å²) in [4.78, 5) is 2.34. The van der Waals surface area contributed by atoms with Crippen LogP contribution in [0.2, 0.25) is 0 Å². The summed E-state index contributed by atoms with van der Waals surface area (Å²) in [6.07, 6.45) is 0.976. The lowest BCUT2D eigenvalue weighted by Crippen LogP contribution is -2.63. The fraction of sp³-hybridized carbons (Fsp3) is 1.00. The number of likely N-dealkylation sites (N-methyl/N-ethyl adjacent to an activating group) is 1. The number of nitrogens with two attached hydrogens (primary N) is 1. The third-order valence-electron chi connectivity index (χ3n) is 3.39. The van der Waals surface area contributed by atoms with E-state index in [-0.39, 0.29) is 5.54 Å². The highest BCUT2D eigenvalue weighted by molar-refractivity contribution is 4.87. The quantitative estimate of drug-likeness (QED) is 0.644. The van der Waals surface area contributed by atoms with Crippen molar-refractivity contribution in [3.05, 3.63) is 0 Å². The van der Waals surface area contributed by atoms with Gasteiger partial charge in [0.2, 0.25) is 0 Å². The highest BCUT2D eigenvalue weighted by Crippen LogP contribution is 2.11. The zero-order chi connectivity index (χ0) is 12.0. The highest BCUT2D eigenvalue weighted by atomic mass is 16.5. The van der Waals surface area contributed by atoms with Gasteiger partial charge in [-0.05, 0) is 13.5 Å². The lowest BCUT2D eigenvalue weighted by atomic mass is 9.98. The Morgan fingerprint density at radius 3 is 2.38 bits per heavy atom. The van der Waals surface area contributed by atoms with Crippen LogP contribution in [-0.4, -0.2) is 68.9 Å². The summed E-state index contributed by atoms with van der Waals surface area (Å²) < 4.78 is 5.27. The molecule has 16 heavy (non-hydrogen) atoms. The number of hydrazine groups is 1. The molecule has 1 aliphatic rings. The van der Waals surface area contributed by atoms with E-state index >= 15 is 0 Å². The Bertz CT molecular complexity index is 188. The van der Waals surface area contributed by atoms with Crippen LogP contribution in [-0.2, 0) is 4.74 Å². The molecule has 1 rings (SSSR count). The van der Waals surface area contributed by atoms with E-state index in [9.17, 15) is 0 Å². The van der Waals surface area contributed by atoms with Crippen molar-refractivity contribution < 1.29 is 4.74 Å². The van der Waals surface area contributed by atoms with Crippen LogP contribution in [0, 0.1) is 0 Å². The van der Waals surface area contributed by atoms with Gasteiger partial charge in [0.15, 0.2) is 0 Å². The zero-order valence-electron chi connectivity index (χ0n) is 10.8. The van der Waals surface area contributed by atoms with Crippen LogP contribution in [0.4, 0.5) is 0 Å². The molecule has 1 unspecified atom stereocenters. The second kappa shape index (κ2) is 6.51. The Morgan fingerprint density at radius 2 is 1.94 bits per heavy atom. The predicted octanol–water partition coefficient (Wildman–Crippen LogP) is -0.508. The van der Waals surface area contributed by atoms with Crippen molar-refractivity contribution in [1.82, 2.24) is 15.3 Å². The molecule has 0 aromatic heterocycles. The van der Waals surface area contributed by atoms with Crippen molar-refractivity contribution in [1.29, 1.82) is 0 Å². The Kier molecular flexibility index (Phi) is 5.64. The summed E-state index contributed by atoms with van der Waals surface area (Å²) >= 11 is 0. The first-order valence-corrected chi connectivity index (χ1v) is 6.06.